The lowest BCUT2D eigenvalue weighted by Crippen LogP contribution is -2.58. The van der Waals surface area contributed by atoms with Crippen molar-refractivity contribution >= 4 is 5.91 Å². The monoisotopic (exact) mass is 199 g/mol. The fourth-order valence-electron chi connectivity index (χ4n) is 1.68. The van der Waals surface area contributed by atoms with Crippen LogP contribution < -0.4 is 0 Å². The van der Waals surface area contributed by atoms with Crippen LogP contribution in [0.4, 0.5) is 0 Å². The molecule has 3 nitrogen and oxygen atoms in total. The first-order chi connectivity index (χ1) is 6.34. The smallest absolute Gasteiger partial charge is 0.225 e. The average Bonchev–Trinajstić information content (AvgIpc) is 2.08. The van der Waals surface area contributed by atoms with E-state index < -0.39 is 0 Å². The number of morpholine rings is 1. The van der Waals surface area contributed by atoms with Crippen LogP contribution in [-0.4, -0.2) is 35.6 Å². The molecule has 0 aromatic heterocycles. The Morgan fingerprint density at radius 3 is 2.57 bits per heavy atom. The molecule has 0 aromatic rings. The number of amides is 1. The molecular weight excluding hydrogens is 178 g/mol. The third kappa shape index (κ3) is 2.27. The van der Waals surface area contributed by atoms with Crippen LogP contribution in [0.1, 0.15) is 34.6 Å². The number of rotatable bonds is 1. The molecule has 0 bridgehead atoms. The summed E-state index contributed by atoms with van der Waals surface area (Å²) in [5.41, 5.74) is -0.159. The molecule has 1 heterocycles. The molecule has 0 radical (unpaired) electrons. The minimum Gasteiger partial charge on any atom is -0.374 e. The first-order valence-electron chi connectivity index (χ1n) is 5.27. The van der Waals surface area contributed by atoms with Gasteiger partial charge in [-0.15, -0.1) is 0 Å². The Morgan fingerprint density at radius 2 is 2.07 bits per heavy atom. The van der Waals surface area contributed by atoms with Crippen molar-refractivity contribution in [3.8, 4) is 0 Å². The molecule has 1 saturated heterocycles. The third-order valence-corrected chi connectivity index (χ3v) is 2.65. The van der Waals surface area contributed by atoms with Crippen LogP contribution in [0.5, 0.6) is 0 Å². The van der Waals surface area contributed by atoms with Crippen molar-refractivity contribution < 1.29 is 9.53 Å². The molecular formula is C11H21NO2. The molecule has 1 atom stereocenters. The van der Waals surface area contributed by atoms with Crippen LogP contribution in [0.15, 0.2) is 0 Å². The van der Waals surface area contributed by atoms with E-state index in [9.17, 15) is 4.79 Å². The molecule has 0 aromatic carbocycles. The molecule has 82 valence electrons. The summed E-state index contributed by atoms with van der Waals surface area (Å²) in [5, 5.41) is 0. The average molecular weight is 199 g/mol. The second-order valence-corrected chi connectivity index (χ2v) is 5.04. The molecule has 0 saturated carbocycles. The summed E-state index contributed by atoms with van der Waals surface area (Å²) in [6, 6.07) is 0. The van der Waals surface area contributed by atoms with Gasteiger partial charge in [-0.3, -0.25) is 4.79 Å². The third-order valence-electron chi connectivity index (χ3n) is 2.65. The van der Waals surface area contributed by atoms with Crippen LogP contribution in [0.2, 0.25) is 0 Å². The van der Waals surface area contributed by atoms with Crippen molar-refractivity contribution in [1.29, 1.82) is 0 Å². The zero-order chi connectivity index (χ0) is 10.9. The van der Waals surface area contributed by atoms with Crippen LogP contribution in [-0.2, 0) is 9.53 Å². The zero-order valence-corrected chi connectivity index (χ0v) is 9.83. The quantitative estimate of drug-likeness (QED) is 0.643. The summed E-state index contributed by atoms with van der Waals surface area (Å²) in [4.78, 5) is 13.9. The zero-order valence-electron chi connectivity index (χ0n) is 9.83. The second kappa shape index (κ2) is 3.89. The van der Waals surface area contributed by atoms with Gasteiger partial charge in [0.15, 0.2) is 0 Å². The summed E-state index contributed by atoms with van der Waals surface area (Å²) in [6.45, 7) is 11.3. The van der Waals surface area contributed by atoms with Crippen molar-refractivity contribution in [2.24, 2.45) is 5.92 Å². The van der Waals surface area contributed by atoms with E-state index in [1.807, 2.05) is 25.7 Å². The topological polar surface area (TPSA) is 29.5 Å². The minimum atomic E-state index is -0.159. The van der Waals surface area contributed by atoms with Gasteiger partial charge in [0.05, 0.1) is 18.2 Å². The SMILES string of the molecule is CC1CN(C(=O)C(C)C)C(C)(C)CO1. The van der Waals surface area contributed by atoms with E-state index in [0.717, 1.165) is 0 Å². The molecule has 0 spiro atoms. The van der Waals surface area contributed by atoms with Gasteiger partial charge >= 0.3 is 0 Å². The van der Waals surface area contributed by atoms with E-state index in [4.69, 9.17) is 4.74 Å². The van der Waals surface area contributed by atoms with Gasteiger partial charge in [0.25, 0.3) is 0 Å². The summed E-state index contributed by atoms with van der Waals surface area (Å²) >= 11 is 0. The molecule has 14 heavy (non-hydrogen) atoms. The Bertz CT molecular complexity index is 223. The number of nitrogens with zero attached hydrogens (tertiary/aromatic N) is 1. The van der Waals surface area contributed by atoms with Gasteiger partial charge in [0.1, 0.15) is 0 Å². The highest BCUT2D eigenvalue weighted by atomic mass is 16.5. The molecule has 1 fully saturated rings. The van der Waals surface area contributed by atoms with E-state index in [2.05, 4.69) is 13.8 Å². The van der Waals surface area contributed by atoms with Crippen LogP contribution in [0, 0.1) is 5.92 Å². The van der Waals surface area contributed by atoms with Crippen molar-refractivity contribution in [1.82, 2.24) is 4.90 Å². The number of hydrogen-bond donors (Lipinski definition) is 0. The van der Waals surface area contributed by atoms with Gasteiger partial charge in [0.2, 0.25) is 5.91 Å². The maximum absolute atomic E-state index is 11.9. The fourth-order valence-corrected chi connectivity index (χ4v) is 1.68. The summed E-state index contributed by atoms with van der Waals surface area (Å²) in [6.07, 6.45) is 0.158. The molecule has 1 aliphatic heterocycles. The predicted octanol–water partition coefficient (Wildman–Crippen LogP) is 1.67. The largest absolute Gasteiger partial charge is 0.374 e. The van der Waals surface area contributed by atoms with Crippen molar-refractivity contribution in [2.75, 3.05) is 13.2 Å². The van der Waals surface area contributed by atoms with Gasteiger partial charge < -0.3 is 9.64 Å². The fraction of sp³-hybridized carbons (Fsp3) is 0.909. The van der Waals surface area contributed by atoms with E-state index in [1.165, 1.54) is 0 Å². The number of carbonyl (C=O) groups is 1. The number of hydrogen-bond acceptors (Lipinski definition) is 2. The first-order valence-corrected chi connectivity index (χ1v) is 5.27. The first kappa shape index (κ1) is 11.5. The highest BCUT2D eigenvalue weighted by Crippen LogP contribution is 2.23. The Hall–Kier alpha value is -0.570. The number of carbonyl (C=O) groups excluding carboxylic acids is 1. The van der Waals surface area contributed by atoms with Gasteiger partial charge in [-0.2, -0.15) is 0 Å². The molecule has 1 unspecified atom stereocenters. The normalized spacial score (nSPS) is 26.7. The van der Waals surface area contributed by atoms with Crippen LogP contribution in [0.25, 0.3) is 0 Å². The molecule has 1 aliphatic rings. The number of ether oxygens (including phenoxy) is 1. The molecule has 0 N–H and O–H groups in total. The maximum atomic E-state index is 11.9. The Labute approximate surface area is 86.4 Å². The maximum Gasteiger partial charge on any atom is 0.225 e. The van der Waals surface area contributed by atoms with E-state index in [-0.39, 0.29) is 23.5 Å². The standard InChI is InChI=1S/C11H21NO2/c1-8(2)10(13)12-6-9(3)14-7-11(12,4)5/h8-9H,6-7H2,1-5H3. The van der Waals surface area contributed by atoms with E-state index >= 15 is 0 Å². The molecule has 1 amide bonds. The van der Waals surface area contributed by atoms with Crippen LogP contribution in [0.3, 0.4) is 0 Å². The Morgan fingerprint density at radius 1 is 1.50 bits per heavy atom. The second-order valence-electron chi connectivity index (χ2n) is 5.04. The lowest BCUT2D eigenvalue weighted by atomic mass is 9.98. The highest BCUT2D eigenvalue weighted by molar-refractivity contribution is 5.79. The van der Waals surface area contributed by atoms with Crippen molar-refractivity contribution in [3.05, 3.63) is 0 Å². The van der Waals surface area contributed by atoms with Crippen molar-refractivity contribution in [3.63, 3.8) is 0 Å². The molecule has 1 rings (SSSR count). The van der Waals surface area contributed by atoms with Gasteiger partial charge in [-0.25, -0.2) is 0 Å². The summed E-state index contributed by atoms with van der Waals surface area (Å²) in [7, 11) is 0. The summed E-state index contributed by atoms with van der Waals surface area (Å²) < 4.78 is 5.56. The lowest BCUT2D eigenvalue weighted by Gasteiger charge is -2.45. The summed E-state index contributed by atoms with van der Waals surface area (Å²) in [5.74, 6) is 0.296. The molecule has 0 aliphatic carbocycles. The lowest BCUT2D eigenvalue weighted by molar-refractivity contribution is -0.156. The Balaban J connectivity index is 2.77. The van der Waals surface area contributed by atoms with E-state index in [0.29, 0.717) is 13.2 Å². The van der Waals surface area contributed by atoms with Crippen molar-refractivity contribution in [2.45, 2.75) is 46.3 Å². The Kier molecular flexibility index (Phi) is 3.20. The van der Waals surface area contributed by atoms with Gasteiger partial charge in [0, 0.05) is 12.5 Å². The minimum absolute atomic E-state index is 0.0691. The molecule has 3 heteroatoms. The van der Waals surface area contributed by atoms with Gasteiger partial charge in [-0.05, 0) is 20.8 Å². The highest BCUT2D eigenvalue weighted by Gasteiger charge is 2.37. The predicted molar refractivity (Wildman–Crippen MR) is 56.0 cm³/mol. The van der Waals surface area contributed by atoms with Gasteiger partial charge in [-0.1, -0.05) is 13.8 Å². The van der Waals surface area contributed by atoms with E-state index in [1.54, 1.807) is 0 Å². The van der Waals surface area contributed by atoms with Crippen LogP contribution >= 0.6 is 0 Å².